The van der Waals surface area contributed by atoms with Crippen LogP contribution in [0.1, 0.15) is 38.3 Å². The number of aliphatic carboxylic acids is 1. The molecule has 0 aromatic heterocycles. The molecule has 2 N–H and O–H groups in total. The number of hydrogen-bond acceptors (Lipinski definition) is 6. The zero-order valence-electron chi connectivity index (χ0n) is 12.1. The fraction of sp³-hybridized carbons (Fsp3) is 0.0588. The van der Waals surface area contributed by atoms with Crippen LogP contribution in [0.3, 0.4) is 0 Å². The summed E-state index contributed by atoms with van der Waals surface area (Å²) in [5, 5.41) is 18.0. The quantitative estimate of drug-likeness (QED) is 0.426. The third-order valence-electron chi connectivity index (χ3n) is 3.50. The molecule has 0 bridgehead atoms. The molecule has 0 aliphatic heterocycles. The van der Waals surface area contributed by atoms with Gasteiger partial charge in [-0.05, 0) is 36.4 Å². The summed E-state index contributed by atoms with van der Waals surface area (Å²) in [6.07, 6.45) is -0.813. The fourth-order valence-electron chi connectivity index (χ4n) is 2.47. The van der Waals surface area contributed by atoms with Crippen LogP contribution in [0.4, 0.5) is 0 Å². The Balaban J connectivity index is 1.99. The second-order valence-electron chi connectivity index (χ2n) is 5.14. The van der Waals surface area contributed by atoms with Crippen molar-refractivity contribution in [2.75, 3.05) is 0 Å². The number of phenolic OH excluding ortho intramolecular Hbond substituents is 1. The third-order valence-corrected chi connectivity index (χ3v) is 3.50. The van der Waals surface area contributed by atoms with Gasteiger partial charge in [0.25, 0.3) is 0 Å². The first kappa shape index (κ1) is 15.4. The molecule has 0 saturated carbocycles. The molecule has 24 heavy (non-hydrogen) atoms. The van der Waals surface area contributed by atoms with Gasteiger partial charge in [0.1, 0.15) is 17.9 Å². The first-order chi connectivity index (χ1) is 11.4. The van der Waals surface area contributed by atoms with E-state index in [9.17, 15) is 24.3 Å². The van der Waals surface area contributed by atoms with Crippen molar-refractivity contribution in [2.45, 2.75) is 6.42 Å². The standard InChI is InChI=1S/C17H10O7/c18-8-1-3-10-12(5-8)16(22)11-4-2-9(6-13(11)17(10)23)24-15(21)7-14(19)20/h1-6,18H,7H2,(H,19,20). The van der Waals surface area contributed by atoms with E-state index in [1.807, 2.05) is 0 Å². The highest BCUT2D eigenvalue weighted by Gasteiger charge is 2.30. The lowest BCUT2D eigenvalue weighted by atomic mass is 9.84. The van der Waals surface area contributed by atoms with Crippen LogP contribution in [0, 0.1) is 0 Å². The first-order valence-electron chi connectivity index (χ1n) is 6.86. The van der Waals surface area contributed by atoms with Gasteiger partial charge in [0.05, 0.1) is 0 Å². The zero-order valence-corrected chi connectivity index (χ0v) is 12.1. The summed E-state index contributed by atoms with van der Waals surface area (Å²) in [6, 6.07) is 7.72. The molecule has 2 aromatic carbocycles. The number of fused-ring (bicyclic) bond motifs is 2. The van der Waals surface area contributed by atoms with E-state index in [0.29, 0.717) is 0 Å². The molecular formula is C17H10O7. The van der Waals surface area contributed by atoms with Gasteiger partial charge in [0.15, 0.2) is 11.6 Å². The normalized spacial score (nSPS) is 12.3. The van der Waals surface area contributed by atoms with Crippen LogP contribution in [0.25, 0.3) is 0 Å². The van der Waals surface area contributed by atoms with Crippen LogP contribution in [0.5, 0.6) is 11.5 Å². The molecule has 0 fully saturated rings. The Morgan fingerprint density at radius 2 is 1.46 bits per heavy atom. The smallest absolute Gasteiger partial charge is 0.322 e. The van der Waals surface area contributed by atoms with E-state index in [2.05, 4.69) is 0 Å². The van der Waals surface area contributed by atoms with Crippen LogP contribution in [0.2, 0.25) is 0 Å². The Hall–Kier alpha value is -3.48. The van der Waals surface area contributed by atoms with Crippen LogP contribution >= 0.6 is 0 Å². The van der Waals surface area contributed by atoms with Crippen molar-refractivity contribution in [1.82, 2.24) is 0 Å². The zero-order chi connectivity index (χ0) is 17.4. The maximum Gasteiger partial charge on any atom is 0.322 e. The minimum absolute atomic E-state index is 0.0246. The van der Waals surface area contributed by atoms with Crippen molar-refractivity contribution in [2.24, 2.45) is 0 Å². The molecule has 1 aliphatic carbocycles. The number of carboxylic acid groups (broad SMARTS) is 1. The Labute approximate surface area is 135 Å². The van der Waals surface area contributed by atoms with Gasteiger partial charge in [-0.1, -0.05) is 0 Å². The molecule has 7 heteroatoms. The van der Waals surface area contributed by atoms with Crippen molar-refractivity contribution in [1.29, 1.82) is 0 Å². The highest BCUT2D eigenvalue weighted by Crippen LogP contribution is 2.31. The van der Waals surface area contributed by atoms with E-state index >= 15 is 0 Å². The molecule has 2 aromatic rings. The number of rotatable bonds is 3. The minimum Gasteiger partial charge on any atom is -0.508 e. The summed E-state index contributed by atoms with van der Waals surface area (Å²) < 4.78 is 4.86. The SMILES string of the molecule is O=C(O)CC(=O)Oc1ccc2c(c1)C(=O)c1ccc(O)cc1C2=O. The van der Waals surface area contributed by atoms with Gasteiger partial charge in [0, 0.05) is 22.3 Å². The van der Waals surface area contributed by atoms with Crippen LogP contribution in [-0.2, 0) is 9.59 Å². The number of ketones is 2. The molecule has 0 spiro atoms. The molecule has 0 atom stereocenters. The van der Waals surface area contributed by atoms with Crippen molar-refractivity contribution in [3.8, 4) is 11.5 Å². The van der Waals surface area contributed by atoms with Gasteiger partial charge in [-0.25, -0.2) is 0 Å². The Bertz CT molecular complexity index is 911. The minimum atomic E-state index is -1.34. The fourth-order valence-corrected chi connectivity index (χ4v) is 2.47. The molecule has 1 aliphatic rings. The van der Waals surface area contributed by atoms with Crippen molar-refractivity contribution in [3.05, 3.63) is 58.7 Å². The average Bonchev–Trinajstić information content (AvgIpc) is 2.51. The Morgan fingerprint density at radius 1 is 0.875 bits per heavy atom. The van der Waals surface area contributed by atoms with Gasteiger partial charge in [-0.3, -0.25) is 19.2 Å². The second kappa shape index (κ2) is 5.62. The number of phenols is 1. The van der Waals surface area contributed by atoms with Crippen LogP contribution in [-0.4, -0.2) is 33.7 Å². The number of benzene rings is 2. The summed E-state index contributed by atoms with van der Waals surface area (Å²) in [6.45, 7) is 0. The Kier molecular flexibility index (Phi) is 3.61. The number of ether oxygens (including phenoxy) is 1. The topological polar surface area (TPSA) is 118 Å². The highest BCUT2D eigenvalue weighted by atomic mass is 16.5. The van der Waals surface area contributed by atoms with Crippen LogP contribution < -0.4 is 4.74 Å². The van der Waals surface area contributed by atoms with Gasteiger partial charge < -0.3 is 14.9 Å². The average molecular weight is 326 g/mol. The lowest BCUT2D eigenvalue weighted by molar-refractivity contribution is -0.145. The van der Waals surface area contributed by atoms with E-state index < -0.39 is 29.9 Å². The van der Waals surface area contributed by atoms with E-state index in [4.69, 9.17) is 9.84 Å². The summed E-state index contributed by atoms with van der Waals surface area (Å²) in [5.41, 5.74) is 0.414. The molecule has 0 unspecified atom stereocenters. The lowest BCUT2D eigenvalue weighted by Gasteiger charge is -2.18. The predicted octanol–water partition coefficient (Wildman–Crippen LogP) is 1.55. The summed E-state index contributed by atoms with van der Waals surface area (Å²) >= 11 is 0. The number of esters is 1. The monoisotopic (exact) mass is 326 g/mol. The second-order valence-corrected chi connectivity index (χ2v) is 5.14. The molecule has 0 radical (unpaired) electrons. The van der Waals surface area contributed by atoms with Crippen molar-refractivity contribution >= 4 is 23.5 Å². The molecule has 7 nitrogen and oxygen atoms in total. The number of carbonyl (C=O) groups is 4. The highest BCUT2D eigenvalue weighted by molar-refractivity contribution is 6.28. The van der Waals surface area contributed by atoms with E-state index in [1.165, 1.54) is 36.4 Å². The first-order valence-corrected chi connectivity index (χ1v) is 6.86. The summed E-state index contributed by atoms with van der Waals surface area (Å²) in [7, 11) is 0. The van der Waals surface area contributed by atoms with Gasteiger partial charge in [-0.15, -0.1) is 0 Å². The largest absolute Gasteiger partial charge is 0.508 e. The third kappa shape index (κ3) is 2.63. The van der Waals surface area contributed by atoms with Crippen molar-refractivity contribution < 1.29 is 34.1 Å². The Morgan fingerprint density at radius 3 is 2.08 bits per heavy atom. The number of carbonyl (C=O) groups excluding carboxylic acids is 3. The summed E-state index contributed by atoms with van der Waals surface area (Å²) in [4.78, 5) is 46.8. The van der Waals surface area contributed by atoms with E-state index in [1.54, 1.807) is 0 Å². The maximum atomic E-state index is 12.5. The van der Waals surface area contributed by atoms with Gasteiger partial charge in [-0.2, -0.15) is 0 Å². The number of hydrogen-bond donors (Lipinski definition) is 2. The molecule has 0 amide bonds. The lowest BCUT2D eigenvalue weighted by Crippen LogP contribution is -2.21. The van der Waals surface area contributed by atoms with Gasteiger partial charge in [0.2, 0.25) is 0 Å². The molecule has 0 saturated heterocycles. The van der Waals surface area contributed by atoms with Crippen molar-refractivity contribution in [3.63, 3.8) is 0 Å². The van der Waals surface area contributed by atoms with Gasteiger partial charge >= 0.3 is 11.9 Å². The van der Waals surface area contributed by atoms with Crippen LogP contribution in [0.15, 0.2) is 36.4 Å². The molecule has 120 valence electrons. The molecular weight excluding hydrogens is 316 g/mol. The molecule has 0 heterocycles. The maximum absolute atomic E-state index is 12.5. The van der Waals surface area contributed by atoms with E-state index in [0.717, 1.165) is 0 Å². The number of carboxylic acids is 1. The predicted molar refractivity (Wildman–Crippen MR) is 79.3 cm³/mol. The van der Waals surface area contributed by atoms with E-state index in [-0.39, 0.29) is 33.8 Å². The molecule has 3 rings (SSSR count). The summed E-state index contributed by atoms with van der Waals surface area (Å²) in [5.74, 6) is -3.35. The number of aromatic hydroxyl groups is 1.